The smallest absolute Gasteiger partial charge is 0.338 e. The standard InChI is InChI=1S/C29H32O3/c1-21-12-14-22(15-13-21)20-23-16-18-26(19-17-23)29(31)32-28(25-10-6-3-7-11-25)27(30)24-8-4-2-5-9-24/h2-11,16-19,21-22,27-28,30H,12-15,20H2,1H3/t21?,22?,27-,28-/m1/s1. The fourth-order valence-electron chi connectivity index (χ4n) is 4.61. The Balaban J connectivity index is 1.46. The largest absolute Gasteiger partial charge is 0.451 e. The molecule has 4 rings (SSSR count). The molecule has 0 aromatic heterocycles. The number of ether oxygens (including phenoxy) is 1. The average molecular weight is 429 g/mol. The first-order valence-electron chi connectivity index (χ1n) is 11.7. The molecular formula is C29H32O3. The molecule has 3 aromatic rings. The van der Waals surface area contributed by atoms with Gasteiger partial charge < -0.3 is 9.84 Å². The Morgan fingerprint density at radius 1 is 0.844 bits per heavy atom. The van der Waals surface area contributed by atoms with Crippen LogP contribution in [0.4, 0.5) is 0 Å². The summed E-state index contributed by atoms with van der Waals surface area (Å²) in [5.41, 5.74) is 3.25. The Morgan fingerprint density at radius 2 is 1.41 bits per heavy atom. The number of esters is 1. The average Bonchev–Trinajstić information content (AvgIpc) is 2.85. The summed E-state index contributed by atoms with van der Waals surface area (Å²) < 4.78 is 5.85. The lowest BCUT2D eigenvalue weighted by Gasteiger charge is -2.26. The molecule has 3 heteroatoms. The van der Waals surface area contributed by atoms with Gasteiger partial charge in [0.1, 0.15) is 6.10 Å². The first-order valence-corrected chi connectivity index (χ1v) is 11.7. The topological polar surface area (TPSA) is 46.5 Å². The van der Waals surface area contributed by atoms with Gasteiger partial charge in [-0.3, -0.25) is 0 Å². The van der Waals surface area contributed by atoms with Crippen LogP contribution in [0.1, 0.15) is 71.9 Å². The van der Waals surface area contributed by atoms with E-state index in [2.05, 4.69) is 6.92 Å². The molecule has 1 saturated carbocycles. The van der Waals surface area contributed by atoms with Gasteiger partial charge in [0, 0.05) is 0 Å². The van der Waals surface area contributed by atoms with Gasteiger partial charge in [-0.05, 0) is 59.9 Å². The molecular weight excluding hydrogens is 396 g/mol. The van der Waals surface area contributed by atoms with Gasteiger partial charge in [-0.15, -0.1) is 0 Å². The van der Waals surface area contributed by atoms with Gasteiger partial charge in [-0.25, -0.2) is 4.79 Å². The number of carbonyl (C=O) groups excluding carboxylic acids is 1. The molecule has 0 radical (unpaired) electrons. The maximum absolute atomic E-state index is 13.0. The zero-order valence-electron chi connectivity index (χ0n) is 18.7. The number of carbonyl (C=O) groups is 1. The zero-order valence-corrected chi connectivity index (χ0v) is 18.7. The van der Waals surface area contributed by atoms with E-state index in [0.29, 0.717) is 11.1 Å². The molecule has 1 aliphatic carbocycles. The highest BCUT2D eigenvalue weighted by molar-refractivity contribution is 5.89. The first kappa shape index (κ1) is 22.3. The summed E-state index contributed by atoms with van der Waals surface area (Å²) in [4.78, 5) is 13.0. The van der Waals surface area contributed by atoms with Crippen molar-refractivity contribution in [2.45, 2.75) is 51.2 Å². The minimum atomic E-state index is -0.949. The van der Waals surface area contributed by atoms with E-state index >= 15 is 0 Å². The summed E-state index contributed by atoms with van der Waals surface area (Å²) in [5, 5.41) is 11.0. The monoisotopic (exact) mass is 428 g/mol. The molecule has 2 atom stereocenters. The Morgan fingerprint density at radius 3 is 2.00 bits per heavy atom. The zero-order chi connectivity index (χ0) is 22.3. The number of benzene rings is 3. The van der Waals surface area contributed by atoms with E-state index in [1.807, 2.05) is 84.9 Å². The van der Waals surface area contributed by atoms with Crippen molar-refractivity contribution in [2.24, 2.45) is 11.8 Å². The highest BCUT2D eigenvalue weighted by Gasteiger charge is 2.27. The molecule has 3 nitrogen and oxygen atoms in total. The Hall–Kier alpha value is -2.91. The predicted molar refractivity (Wildman–Crippen MR) is 127 cm³/mol. The van der Waals surface area contributed by atoms with E-state index in [1.165, 1.54) is 31.2 Å². The molecule has 0 heterocycles. The van der Waals surface area contributed by atoms with Crippen LogP contribution < -0.4 is 0 Å². The van der Waals surface area contributed by atoms with Crippen LogP contribution in [-0.2, 0) is 11.2 Å². The quantitative estimate of drug-likeness (QED) is 0.427. The minimum Gasteiger partial charge on any atom is -0.451 e. The normalized spacial score (nSPS) is 20.3. The molecule has 1 aliphatic rings. The van der Waals surface area contributed by atoms with Crippen LogP contribution in [0.5, 0.6) is 0 Å². The third-order valence-corrected chi connectivity index (χ3v) is 6.64. The van der Waals surface area contributed by atoms with E-state index in [0.717, 1.165) is 23.8 Å². The second kappa shape index (κ2) is 10.6. The molecule has 0 amide bonds. The number of rotatable bonds is 7. The lowest BCUT2D eigenvalue weighted by molar-refractivity contribution is -0.0209. The summed E-state index contributed by atoms with van der Waals surface area (Å²) in [7, 11) is 0. The van der Waals surface area contributed by atoms with Gasteiger partial charge in [-0.2, -0.15) is 0 Å². The van der Waals surface area contributed by atoms with Gasteiger partial charge in [0.25, 0.3) is 0 Å². The predicted octanol–water partition coefficient (Wildman–Crippen LogP) is 6.69. The Labute approximate surface area is 191 Å². The summed E-state index contributed by atoms with van der Waals surface area (Å²) in [6.07, 6.45) is 4.56. The number of hydrogen-bond donors (Lipinski definition) is 1. The summed E-state index contributed by atoms with van der Waals surface area (Å²) in [5.74, 6) is 1.17. The highest BCUT2D eigenvalue weighted by Crippen LogP contribution is 2.33. The van der Waals surface area contributed by atoms with Crippen molar-refractivity contribution in [3.05, 3.63) is 107 Å². The minimum absolute atomic E-state index is 0.424. The number of hydrogen-bond acceptors (Lipinski definition) is 3. The van der Waals surface area contributed by atoms with Gasteiger partial charge in [-0.1, -0.05) is 92.6 Å². The van der Waals surface area contributed by atoms with Gasteiger partial charge in [0.2, 0.25) is 0 Å². The maximum Gasteiger partial charge on any atom is 0.338 e. The van der Waals surface area contributed by atoms with Crippen molar-refractivity contribution in [3.63, 3.8) is 0 Å². The van der Waals surface area contributed by atoms with Crippen molar-refractivity contribution in [1.29, 1.82) is 0 Å². The summed E-state index contributed by atoms with van der Waals surface area (Å²) >= 11 is 0. The van der Waals surface area contributed by atoms with Crippen LogP contribution in [0, 0.1) is 11.8 Å². The second-order valence-electron chi connectivity index (χ2n) is 9.12. The van der Waals surface area contributed by atoms with E-state index in [-0.39, 0.29) is 0 Å². The Kier molecular flexibility index (Phi) is 7.39. The van der Waals surface area contributed by atoms with Crippen LogP contribution in [0.15, 0.2) is 84.9 Å². The molecule has 1 N–H and O–H groups in total. The van der Waals surface area contributed by atoms with Gasteiger partial charge >= 0.3 is 5.97 Å². The lowest BCUT2D eigenvalue weighted by Crippen LogP contribution is -2.19. The van der Waals surface area contributed by atoms with Crippen LogP contribution in [0.3, 0.4) is 0 Å². The van der Waals surface area contributed by atoms with Crippen molar-refractivity contribution in [3.8, 4) is 0 Å². The van der Waals surface area contributed by atoms with Crippen LogP contribution >= 0.6 is 0 Å². The summed E-state index contributed by atoms with van der Waals surface area (Å²) in [6.45, 7) is 2.34. The van der Waals surface area contributed by atoms with Crippen LogP contribution in [0.25, 0.3) is 0 Å². The Bertz CT molecular complexity index is 974. The first-order chi connectivity index (χ1) is 15.6. The lowest BCUT2D eigenvalue weighted by atomic mass is 9.80. The van der Waals surface area contributed by atoms with Crippen LogP contribution in [-0.4, -0.2) is 11.1 Å². The van der Waals surface area contributed by atoms with Crippen molar-refractivity contribution in [2.75, 3.05) is 0 Å². The van der Waals surface area contributed by atoms with E-state index in [9.17, 15) is 9.90 Å². The van der Waals surface area contributed by atoms with Crippen molar-refractivity contribution >= 4 is 5.97 Å². The fourth-order valence-corrected chi connectivity index (χ4v) is 4.61. The third-order valence-electron chi connectivity index (χ3n) is 6.64. The van der Waals surface area contributed by atoms with Gasteiger partial charge in [0.15, 0.2) is 6.10 Å². The van der Waals surface area contributed by atoms with Crippen molar-refractivity contribution in [1.82, 2.24) is 0 Å². The SMILES string of the molecule is CC1CCC(Cc2ccc(C(=O)O[C@H](c3ccccc3)[C@H](O)c3ccccc3)cc2)CC1. The summed E-state index contributed by atoms with van der Waals surface area (Å²) in [6, 6.07) is 26.5. The molecule has 0 bridgehead atoms. The third kappa shape index (κ3) is 5.66. The highest BCUT2D eigenvalue weighted by atomic mass is 16.6. The number of aliphatic hydroxyl groups excluding tert-OH is 1. The van der Waals surface area contributed by atoms with Crippen LogP contribution in [0.2, 0.25) is 0 Å². The number of aliphatic hydroxyl groups is 1. The van der Waals surface area contributed by atoms with E-state index in [4.69, 9.17) is 4.74 Å². The fraction of sp³-hybridized carbons (Fsp3) is 0.345. The molecule has 0 spiro atoms. The van der Waals surface area contributed by atoms with Crippen molar-refractivity contribution < 1.29 is 14.6 Å². The molecule has 0 saturated heterocycles. The van der Waals surface area contributed by atoms with E-state index in [1.54, 1.807) is 0 Å². The molecule has 0 aliphatic heterocycles. The molecule has 1 fully saturated rings. The molecule has 166 valence electrons. The molecule has 32 heavy (non-hydrogen) atoms. The van der Waals surface area contributed by atoms with E-state index < -0.39 is 18.2 Å². The molecule has 0 unspecified atom stereocenters. The second-order valence-corrected chi connectivity index (χ2v) is 9.12. The maximum atomic E-state index is 13.0. The van der Waals surface area contributed by atoms with Gasteiger partial charge in [0.05, 0.1) is 5.56 Å². The molecule has 3 aromatic carbocycles.